The Balaban J connectivity index is 1.97. The number of piperidine rings is 1. The zero-order chi connectivity index (χ0) is 15.2. The van der Waals surface area contributed by atoms with Gasteiger partial charge in [0.1, 0.15) is 0 Å². The Bertz CT molecular complexity index is 501. The average molecular weight is 291 g/mol. The van der Waals surface area contributed by atoms with E-state index < -0.39 is 6.03 Å². The van der Waals surface area contributed by atoms with Crippen molar-refractivity contribution >= 4 is 11.9 Å². The van der Waals surface area contributed by atoms with Crippen LogP contribution in [0.25, 0.3) is 0 Å². The maximum Gasteiger partial charge on any atom is 0.312 e. The minimum Gasteiger partial charge on any atom is -0.396 e. The van der Waals surface area contributed by atoms with Crippen molar-refractivity contribution in [1.82, 2.24) is 10.2 Å². The van der Waals surface area contributed by atoms with E-state index in [2.05, 4.69) is 5.32 Å². The van der Waals surface area contributed by atoms with Crippen LogP contribution < -0.4 is 11.1 Å². The van der Waals surface area contributed by atoms with Gasteiger partial charge in [-0.05, 0) is 36.5 Å². The number of aliphatic hydroxyl groups excluding tert-OH is 1. The molecule has 6 heteroatoms. The summed E-state index contributed by atoms with van der Waals surface area (Å²) in [4.78, 5) is 24.8. The van der Waals surface area contributed by atoms with E-state index in [1.54, 1.807) is 29.2 Å². The van der Waals surface area contributed by atoms with Crippen LogP contribution in [0, 0.1) is 5.92 Å². The van der Waals surface area contributed by atoms with Gasteiger partial charge in [-0.25, -0.2) is 4.79 Å². The number of likely N-dealkylation sites (tertiary alicyclic amines) is 1. The van der Waals surface area contributed by atoms with Crippen molar-refractivity contribution in [2.24, 2.45) is 11.7 Å². The average Bonchev–Trinajstić information content (AvgIpc) is 2.52. The van der Waals surface area contributed by atoms with Crippen LogP contribution in [0.3, 0.4) is 0 Å². The summed E-state index contributed by atoms with van der Waals surface area (Å²) in [5, 5.41) is 11.7. The lowest BCUT2D eigenvalue weighted by molar-refractivity contribution is 0.0620. The molecule has 0 spiro atoms. The summed E-state index contributed by atoms with van der Waals surface area (Å²) in [6.45, 7) is 1.82. The third-order valence-corrected chi connectivity index (χ3v) is 3.73. The lowest BCUT2D eigenvalue weighted by atomic mass is 9.98. The number of aliphatic hydroxyl groups is 1. The van der Waals surface area contributed by atoms with Gasteiger partial charge in [0.05, 0.1) is 0 Å². The summed E-state index contributed by atoms with van der Waals surface area (Å²) in [6.07, 6.45) is 1.90. The highest BCUT2D eigenvalue weighted by atomic mass is 16.3. The molecule has 1 fully saturated rings. The molecule has 0 saturated carbocycles. The van der Waals surface area contributed by atoms with Crippen molar-refractivity contribution in [3.8, 4) is 0 Å². The first-order chi connectivity index (χ1) is 10.1. The lowest BCUT2D eigenvalue weighted by Crippen LogP contribution is -2.40. The van der Waals surface area contributed by atoms with Gasteiger partial charge in [-0.1, -0.05) is 12.1 Å². The molecule has 0 aliphatic carbocycles. The van der Waals surface area contributed by atoms with Crippen molar-refractivity contribution in [2.75, 3.05) is 19.7 Å². The van der Waals surface area contributed by atoms with Gasteiger partial charge in [-0.2, -0.15) is 0 Å². The molecule has 1 aliphatic heterocycles. The minimum absolute atomic E-state index is 0.0115. The van der Waals surface area contributed by atoms with Gasteiger partial charge < -0.3 is 21.1 Å². The number of carbonyl (C=O) groups is 2. The fraction of sp³-hybridized carbons (Fsp3) is 0.467. The molecule has 21 heavy (non-hydrogen) atoms. The molecule has 0 bridgehead atoms. The van der Waals surface area contributed by atoms with E-state index in [9.17, 15) is 14.7 Å². The molecule has 6 nitrogen and oxygen atoms in total. The number of hydrogen-bond donors (Lipinski definition) is 3. The zero-order valence-corrected chi connectivity index (χ0v) is 11.9. The monoisotopic (exact) mass is 291 g/mol. The van der Waals surface area contributed by atoms with Gasteiger partial charge in [0.25, 0.3) is 5.91 Å². The summed E-state index contributed by atoms with van der Waals surface area (Å²) >= 11 is 0. The maximum absolute atomic E-state index is 12.4. The molecule has 1 heterocycles. The molecule has 1 aliphatic rings. The zero-order valence-electron chi connectivity index (χ0n) is 11.9. The highest BCUT2D eigenvalue weighted by Gasteiger charge is 2.23. The van der Waals surface area contributed by atoms with E-state index in [1.165, 1.54) is 0 Å². The molecular weight excluding hydrogens is 270 g/mol. The summed E-state index contributed by atoms with van der Waals surface area (Å²) in [7, 11) is 0. The quantitative estimate of drug-likeness (QED) is 0.762. The highest BCUT2D eigenvalue weighted by molar-refractivity contribution is 5.94. The van der Waals surface area contributed by atoms with Crippen LogP contribution in [0.5, 0.6) is 0 Å². The van der Waals surface area contributed by atoms with Crippen molar-refractivity contribution in [2.45, 2.75) is 19.4 Å². The van der Waals surface area contributed by atoms with Gasteiger partial charge in [-0.3, -0.25) is 4.79 Å². The van der Waals surface area contributed by atoms with E-state index in [4.69, 9.17) is 5.73 Å². The van der Waals surface area contributed by atoms with Gasteiger partial charge in [0.15, 0.2) is 0 Å². The number of primary amides is 1. The van der Waals surface area contributed by atoms with Crippen LogP contribution in [0.1, 0.15) is 28.8 Å². The number of amides is 3. The lowest BCUT2D eigenvalue weighted by Gasteiger charge is -2.31. The number of rotatable bonds is 4. The van der Waals surface area contributed by atoms with Gasteiger partial charge in [0.2, 0.25) is 0 Å². The molecule has 2 rings (SSSR count). The van der Waals surface area contributed by atoms with Crippen LogP contribution in [-0.2, 0) is 6.54 Å². The normalized spacial score (nSPS) is 18.3. The van der Waals surface area contributed by atoms with Crippen molar-refractivity contribution in [1.29, 1.82) is 0 Å². The van der Waals surface area contributed by atoms with E-state index in [1.807, 2.05) is 0 Å². The smallest absolute Gasteiger partial charge is 0.312 e. The van der Waals surface area contributed by atoms with Crippen LogP contribution >= 0.6 is 0 Å². The topological polar surface area (TPSA) is 95.7 Å². The summed E-state index contributed by atoms with van der Waals surface area (Å²) in [5.41, 5.74) is 6.52. The second-order valence-electron chi connectivity index (χ2n) is 5.36. The molecule has 0 aromatic heterocycles. The van der Waals surface area contributed by atoms with Crippen LogP contribution in [0.15, 0.2) is 24.3 Å². The van der Waals surface area contributed by atoms with Gasteiger partial charge in [0, 0.05) is 31.8 Å². The number of benzene rings is 1. The number of nitrogens with zero attached hydrogens (tertiary/aromatic N) is 1. The largest absolute Gasteiger partial charge is 0.396 e. The van der Waals surface area contributed by atoms with Crippen molar-refractivity contribution < 1.29 is 14.7 Å². The molecule has 3 amide bonds. The first-order valence-corrected chi connectivity index (χ1v) is 7.12. The number of urea groups is 1. The Labute approximate surface area is 123 Å². The Kier molecular flexibility index (Phi) is 5.16. The predicted octanol–water partition coefficient (Wildman–Crippen LogP) is 0.699. The predicted molar refractivity (Wildman–Crippen MR) is 78.6 cm³/mol. The molecule has 1 saturated heterocycles. The van der Waals surface area contributed by atoms with E-state index in [0.29, 0.717) is 18.7 Å². The third-order valence-electron chi connectivity index (χ3n) is 3.73. The molecule has 0 radical (unpaired) electrons. The summed E-state index contributed by atoms with van der Waals surface area (Å²) in [5.74, 6) is 0.171. The molecular formula is C15H21N3O3. The van der Waals surface area contributed by atoms with Gasteiger partial charge >= 0.3 is 6.03 Å². The number of nitrogens with one attached hydrogen (secondary N) is 1. The number of hydrogen-bond acceptors (Lipinski definition) is 3. The Morgan fingerprint density at radius 3 is 2.67 bits per heavy atom. The fourth-order valence-corrected chi connectivity index (χ4v) is 2.54. The molecule has 1 aromatic carbocycles. The molecule has 1 atom stereocenters. The maximum atomic E-state index is 12.4. The fourth-order valence-electron chi connectivity index (χ4n) is 2.54. The Hall–Kier alpha value is -2.08. The van der Waals surface area contributed by atoms with Crippen LogP contribution in [-0.4, -0.2) is 41.6 Å². The van der Waals surface area contributed by atoms with E-state index in [0.717, 1.165) is 24.9 Å². The van der Waals surface area contributed by atoms with Crippen LogP contribution in [0.2, 0.25) is 0 Å². The molecule has 114 valence electrons. The first-order valence-electron chi connectivity index (χ1n) is 7.12. The van der Waals surface area contributed by atoms with E-state index >= 15 is 0 Å². The second kappa shape index (κ2) is 7.08. The number of nitrogens with two attached hydrogens (primary N) is 1. The third kappa shape index (κ3) is 4.19. The SMILES string of the molecule is NC(=O)NCc1ccc(C(=O)N2CCCC(CO)C2)cc1. The summed E-state index contributed by atoms with van der Waals surface area (Å²) in [6, 6.07) is 6.54. The van der Waals surface area contributed by atoms with Crippen LogP contribution in [0.4, 0.5) is 4.79 Å². The van der Waals surface area contributed by atoms with E-state index in [-0.39, 0.29) is 18.4 Å². The molecule has 4 N–H and O–H groups in total. The standard InChI is InChI=1S/C15H21N3O3/c16-15(21)17-8-11-3-5-13(6-4-11)14(20)18-7-1-2-12(9-18)10-19/h3-6,12,19H,1-2,7-10H2,(H3,16,17,21). The molecule has 1 unspecified atom stereocenters. The second-order valence-corrected chi connectivity index (χ2v) is 5.36. The van der Waals surface area contributed by atoms with Gasteiger partial charge in [-0.15, -0.1) is 0 Å². The Morgan fingerprint density at radius 2 is 2.05 bits per heavy atom. The van der Waals surface area contributed by atoms with Crippen molar-refractivity contribution in [3.63, 3.8) is 0 Å². The van der Waals surface area contributed by atoms with Crippen molar-refractivity contribution in [3.05, 3.63) is 35.4 Å². The minimum atomic E-state index is -0.571. The summed E-state index contributed by atoms with van der Waals surface area (Å²) < 4.78 is 0. The highest BCUT2D eigenvalue weighted by Crippen LogP contribution is 2.18. The Morgan fingerprint density at radius 1 is 1.33 bits per heavy atom. The first kappa shape index (κ1) is 15.3. The number of carbonyl (C=O) groups excluding carboxylic acids is 2. The molecule has 1 aromatic rings.